The van der Waals surface area contributed by atoms with Crippen molar-refractivity contribution >= 4 is 32.8 Å². The molecule has 1 fully saturated rings. The second kappa shape index (κ2) is 5.22. The van der Waals surface area contributed by atoms with E-state index in [0.29, 0.717) is 17.9 Å². The smallest absolute Gasteiger partial charge is 0.290 e. The minimum Gasteiger partial charge on any atom is -0.451 e. The first kappa shape index (κ1) is 13.6. The fourth-order valence-electron chi connectivity index (χ4n) is 2.82. The van der Waals surface area contributed by atoms with Crippen LogP contribution in [0.1, 0.15) is 29.0 Å². The predicted octanol–water partition coefficient (Wildman–Crippen LogP) is 3.10. The van der Waals surface area contributed by atoms with E-state index in [0.717, 1.165) is 28.3 Å². The molecule has 0 unspecified atom stereocenters. The molecule has 2 aromatic rings. The number of hydrogen-bond donors (Lipinski definition) is 1. The number of hydrogen-bond acceptors (Lipinski definition) is 3. The predicted molar refractivity (Wildman–Crippen MR) is 79.8 cm³/mol. The van der Waals surface area contributed by atoms with Crippen molar-refractivity contribution in [2.24, 2.45) is 0 Å². The third-order valence-corrected chi connectivity index (χ3v) is 4.43. The Hall–Kier alpha value is -1.33. The third kappa shape index (κ3) is 2.15. The largest absolute Gasteiger partial charge is 0.451 e. The van der Waals surface area contributed by atoms with Gasteiger partial charge in [0.05, 0.1) is 12.6 Å². The van der Waals surface area contributed by atoms with E-state index in [1.54, 1.807) is 4.90 Å². The minimum absolute atomic E-state index is 0.0105. The maximum Gasteiger partial charge on any atom is 0.290 e. The molecule has 20 heavy (non-hydrogen) atoms. The zero-order valence-electron chi connectivity index (χ0n) is 11.2. The number of fused-ring (bicyclic) bond motifs is 1. The number of likely N-dealkylation sites (tertiary alicyclic amines) is 1. The number of benzene rings is 1. The summed E-state index contributed by atoms with van der Waals surface area (Å²) in [6, 6.07) is 5.63. The summed E-state index contributed by atoms with van der Waals surface area (Å²) in [4.78, 5) is 14.3. The number of carbonyl (C=O) groups excluding carboxylic acids is 1. The molecule has 5 heteroatoms. The molecule has 2 heterocycles. The van der Waals surface area contributed by atoms with Crippen LogP contribution in [0.4, 0.5) is 0 Å². The first-order chi connectivity index (χ1) is 9.61. The van der Waals surface area contributed by atoms with E-state index in [1.165, 1.54) is 0 Å². The summed E-state index contributed by atoms with van der Waals surface area (Å²) in [6.45, 7) is 2.59. The quantitative estimate of drug-likeness (QED) is 0.916. The van der Waals surface area contributed by atoms with E-state index in [2.05, 4.69) is 15.9 Å². The lowest BCUT2D eigenvalue weighted by Gasteiger charge is -2.22. The van der Waals surface area contributed by atoms with Crippen LogP contribution < -0.4 is 0 Å². The Morgan fingerprint density at radius 3 is 3.10 bits per heavy atom. The summed E-state index contributed by atoms with van der Waals surface area (Å²) in [5.74, 6) is 0.268. The van der Waals surface area contributed by atoms with E-state index in [9.17, 15) is 9.90 Å². The van der Waals surface area contributed by atoms with Gasteiger partial charge in [-0.1, -0.05) is 15.9 Å². The summed E-state index contributed by atoms with van der Waals surface area (Å²) in [7, 11) is 0. The molecular formula is C15H16BrNO3. The second-order valence-corrected chi connectivity index (χ2v) is 6.09. The van der Waals surface area contributed by atoms with E-state index in [1.807, 2.05) is 25.1 Å². The van der Waals surface area contributed by atoms with Gasteiger partial charge in [-0.3, -0.25) is 4.79 Å². The number of carbonyl (C=O) groups is 1. The number of nitrogens with zero attached hydrogens (tertiary/aromatic N) is 1. The molecule has 0 bridgehead atoms. The van der Waals surface area contributed by atoms with Gasteiger partial charge in [0.15, 0.2) is 5.76 Å². The summed E-state index contributed by atoms with van der Waals surface area (Å²) in [5.41, 5.74) is 1.57. The minimum atomic E-state index is -0.119. The lowest BCUT2D eigenvalue weighted by molar-refractivity contribution is 0.0647. The molecule has 1 aromatic carbocycles. The monoisotopic (exact) mass is 337 g/mol. The molecule has 1 atom stereocenters. The first-order valence-corrected chi connectivity index (χ1v) is 7.51. The molecule has 1 amide bonds. The van der Waals surface area contributed by atoms with Gasteiger partial charge < -0.3 is 14.4 Å². The lowest BCUT2D eigenvalue weighted by atomic mass is 10.1. The maximum absolute atomic E-state index is 12.6. The Morgan fingerprint density at radius 1 is 1.55 bits per heavy atom. The molecule has 1 aromatic heterocycles. The van der Waals surface area contributed by atoms with Crippen LogP contribution in [0.3, 0.4) is 0 Å². The summed E-state index contributed by atoms with van der Waals surface area (Å²) in [6.07, 6.45) is 1.79. The molecule has 0 radical (unpaired) electrons. The van der Waals surface area contributed by atoms with E-state index < -0.39 is 0 Å². The van der Waals surface area contributed by atoms with Gasteiger partial charge in [0.25, 0.3) is 5.91 Å². The second-order valence-electron chi connectivity index (χ2n) is 5.17. The lowest BCUT2D eigenvalue weighted by Crippen LogP contribution is -2.37. The number of aryl methyl sites for hydroxylation is 1. The van der Waals surface area contributed by atoms with Crippen LogP contribution in [-0.4, -0.2) is 35.1 Å². The van der Waals surface area contributed by atoms with Crippen molar-refractivity contribution in [2.75, 3.05) is 13.2 Å². The summed E-state index contributed by atoms with van der Waals surface area (Å²) in [5, 5.41) is 10.3. The average Bonchev–Trinajstić information content (AvgIpc) is 3.03. The Kier molecular flexibility index (Phi) is 3.56. The highest BCUT2D eigenvalue weighted by Crippen LogP contribution is 2.30. The van der Waals surface area contributed by atoms with Crippen LogP contribution in [0.25, 0.3) is 11.0 Å². The van der Waals surface area contributed by atoms with Crippen molar-refractivity contribution in [3.63, 3.8) is 0 Å². The van der Waals surface area contributed by atoms with Gasteiger partial charge in [-0.05, 0) is 38.0 Å². The van der Waals surface area contributed by atoms with E-state index in [4.69, 9.17) is 4.42 Å². The fourth-order valence-corrected chi connectivity index (χ4v) is 3.18. The van der Waals surface area contributed by atoms with Crippen LogP contribution in [0.5, 0.6) is 0 Å². The van der Waals surface area contributed by atoms with Gasteiger partial charge in [0.2, 0.25) is 0 Å². The van der Waals surface area contributed by atoms with Crippen LogP contribution in [0.2, 0.25) is 0 Å². The number of furan rings is 1. The van der Waals surface area contributed by atoms with Crippen molar-refractivity contribution in [3.8, 4) is 0 Å². The highest BCUT2D eigenvalue weighted by molar-refractivity contribution is 9.10. The topological polar surface area (TPSA) is 53.7 Å². The highest BCUT2D eigenvalue weighted by Gasteiger charge is 2.31. The first-order valence-electron chi connectivity index (χ1n) is 6.72. The third-order valence-electron chi connectivity index (χ3n) is 3.94. The Bertz CT molecular complexity index is 664. The fraction of sp³-hybridized carbons (Fsp3) is 0.400. The standard InChI is InChI=1S/C15H16BrNO3/c1-9-12-7-10(16)4-5-13(12)20-14(9)15(19)17-6-2-3-11(17)8-18/h4-5,7,11,18H,2-3,6,8H2,1H3/t11-/m1/s1. The zero-order valence-corrected chi connectivity index (χ0v) is 12.8. The Balaban J connectivity index is 2.01. The molecule has 3 rings (SSSR count). The molecule has 1 N–H and O–H groups in total. The van der Waals surface area contributed by atoms with E-state index >= 15 is 0 Å². The van der Waals surface area contributed by atoms with Gasteiger partial charge in [0.1, 0.15) is 5.58 Å². The number of aliphatic hydroxyl groups is 1. The molecule has 106 valence electrons. The molecule has 0 saturated carbocycles. The van der Waals surface area contributed by atoms with Gasteiger partial charge >= 0.3 is 0 Å². The molecule has 0 aliphatic carbocycles. The molecular weight excluding hydrogens is 322 g/mol. The molecule has 1 aliphatic rings. The van der Waals surface area contributed by atoms with Crippen molar-refractivity contribution in [1.29, 1.82) is 0 Å². The summed E-state index contributed by atoms with van der Waals surface area (Å²) >= 11 is 3.43. The van der Waals surface area contributed by atoms with Gasteiger partial charge in [0, 0.05) is 22.0 Å². The summed E-state index contributed by atoms with van der Waals surface area (Å²) < 4.78 is 6.69. The van der Waals surface area contributed by atoms with Crippen molar-refractivity contribution < 1.29 is 14.3 Å². The normalized spacial score (nSPS) is 18.9. The number of amides is 1. The van der Waals surface area contributed by atoms with Gasteiger partial charge in [-0.25, -0.2) is 0 Å². The molecule has 1 saturated heterocycles. The van der Waals surface area contributed by atoms with Crippen LogP contribution >= 0.6 is 15.9 Å². The Labute approximate surface area is 125 Å². The van der Waals surface area contributed by atoms with Crippen molar-refractivity contribution in [1.82, 2.24) is 4.90 Å². The maximum atomic E-state index is 12.6. The number of aliphatic hydroxyl groups excluding tert-OH is 1. The zero-order chi connectivity index (χ0) is 14.3. The van der Waals surface area contributed by atoms with Crippen LogP contribution in [0, 0.1) is 6.92 Å². The molecule has 4 nitrogen and oxygen atoms in total. The number of halogens is 1. The number of rotatable bonds is 2. The van der Waals surface area contributed by atoms with Crippen LogP contribution in [0.15, 0.2) is 27.1 Å². The van der Waals surface area contributed by atoms with Crippen molar-refractivity contribution in [2.45, 2.75) is 25.8 Å². The molecule has 1 aliphatic heterocycles. The molecule has 0 spiro atoms. The van der Waals surface area contributed by atoms with Crippen molar-refractivity contribution in [3.05, 3.63) is 34.0 Å². The average molecular weight is 338 g/mol. The van der Waals surface area contributed by atoms with E-state index in [-0.39, 0.29) is 18.6 Å². The van der Waals surface area contributed by atoms with Gasteiger partial charge in [-0.15, -0.1) is 0 Å². The SMILES string of the molecule is Cc1c(C(=O)N2CCC[C@@H]2CO)oc2ccc(Br)cc12. The Morgan fingerprint density at radius 2 is 2.35 bits per heavy atom. The van der Waals surface area contributed by atoms with Gasteiger partial charge in [-0.2, -0.15) is 0 Å². The van der Waals surface area contributed by atoms with Crippen LogP contribution in [-0.2, 0) is 0 Å². The highest BCUT2D eigenvalue weighted by atomic mass is 79.9.